The van der Waals surface area contributed by atoms with Crippen LogP contribution in [0.25, 0.3) is 21.9 Å². The molecule has 4 aromatic rings. The Morgan fingerprint density at radius 2 is 1.10 bits per heavy atom. The molecule has 0 atom stereocenters. The van der Waals surface area contributed by atoms with Gasteiger partial charge in [-0.2, -0.15) is 0 Å². The van der Waals surface area contributed by atoms with Crippen LogP contribution in [-0.4, -0.2) is 38.4 Å². The third-order valence-electron chi connectivity index (χ3n) is 5.10. The van der Waals surface area contributed by atoms with Gasteiger partial charge in [0.25, 0.3) is 0 Å². The molecule has 0 N–H and O–H groups in total. The molecule has 0 bridgehead atoms. The average molecular weight is 534 g/mol. The maximum atomic E-state index is 12.5. The second-order valence-corrected chi connectivity index (χ2v) is 7.74. The van der Waals surface area contributed by atoms with E-state index in [1.54, 1.807) is 24.3 Å². The smallest absolute Gasteiger partial charge is 0.379 e. The van der Waals surface area contributed by atoms with E-state index in [4.69, 9.17) is 32.5 Å². The van der Waals surface area contributed by atoms with Gasteiger partial charge in [0, 0.05) is 35.1 Å². The van der Waals surface area contributed by atoms with Crippen molar-refractivity contribution in [3.63, 3.8) is 0 Å². The maximum Gasteiger partial charge on any atom is 0.379 e. The molecule has 0 aliphatic heterocycles. The predicted molar refractivity (Wildman–Crippen MR) is 138 cm³/mol. The Bertz CT molecular complexity index is 1540. The highest BCUT2D eigenvalue weighted by molar-refractivity contribution is 5.82. The van der Waals surface area contributed by atoms with Crippen molar-refractivity contribution >= 4 is 33.9 Å². The molecule has 39 heavy (non-hydrogen) atoms. The summed E-state index contributed by atoms with van der Waals surface area (Å²) in [5.41, 5.74) is -1.18. The highest BCUT2D eigenvalue weighted by Crippen LogP contribution is 2.27. The molecule has 2 aromatic heterocycles. The van der Waals surface area contributed by atoms with Gasteiger partial charge in [-0.25, -0.2) is 19.2 Å². The molecule has 4 rings (SSSR count). The lowest BCUT2D eigenvalue weighted by Gasteiger charge is -2.09. The van der Waals surface area contributed by atoms with E-state index in [0.717, 1.165) is 12.2 Å². The Balaban J connectivity index is 1.45. The van der Waals surface area contributed by atoms with Gasteiger partial charge in [-0.3, -0.25) is 0 Å². The van der Waals surface area contributed by atoms with Gasteiger partial charge in [-0.15, -0.1) is 0 Å². The normalized spacial score (nSPS) is 10.6. The third-order valence-corrected chi connectivity index (χ3v) is 5.10. The molecule has 0 radical (unpaired) electrons. The van der Waals surface area contributed by atoms with Gasteiger partial charge in [0.1, 0.15) is 49.1 Å². The molecule has 11 heteroatoms. The molecule has 0 amide bonds. The third kappa shape index (κ3) is 6.92. The van der Waals surface area contributed by atoms with E-state index in [1.165, 1.54) is 24.3 Å². The first-order valence-electron chi connectivity index (χ1n) is 11.5. The Kier molecular flexibility index (Phi) is 8.42. The maximum absolute atomic E-state index is 12.5. The number of carbonyl (C=O) groups excluding carboxylic acids is 2. The van der Waals surface area contributed by atoms with Gasteiger partial charge < -0.3 is 32.5 Å². The van der Waals surface area contributed by atoms with E-state index in [9.17, 15) is 19.2 Å². The summed E-state index contributed by atoms with van der Waals surface area (Å²) < 4.78 is 36.9. The number of rotatable bonds is 12. The van der Waals surface area contributed by atoms with E-state index < -0.39 is 23.2 Å². The molecular formula is C28H22O11. The van der Waals surface area contributed by atoms with E-state index >= 15 is 0 Å². The average Bonchev–Trinajstić information content (AvgIpc) is 2.93. The summed E-state index contributed by atoms with van der Waals surface area (Å²) in [6.45, 7) is 6.83. The van der Waals surface area contributed by atoms with Crippen molar-refractivity contribution in [3.05, 3.63) is 94.7 Å². The fourth-order valence-electron chi connectivity index (χ4n) is 3.31. The van der Waals surface area contributed by atoms with E-state index in [2.05, 4.69) is 13.2 Å². The Morgan fingerprint density at radius 1 is 0.667 bits per heavy atom. The van der Waals surface area contributed by atoms with Crippen LogP contribution in [0.15, 0.2) is 92.3 Å². The summed E-state index contributed by atoms with van der Waals surface area (Å²) in [4.78, 5) is 47.2. The molecule has 0 aliphatic carbocycles. The zero-order valence-electron chi connectivity index (χ0n) is 20.5. The van der Waals surface area contributed by atoms with Gasteiger partial charge in [-0.1, -0.05) is 13.2 Å². The van der Waals surface area contributed by atoms with Crippen LogP contribution in [0.2, 0.25) is 0 Å². The van der Waals surface area contributed by atoms with Crippen LogP contribution >= 0.6 is 0 Å². The van der Waals surface area contributed by atoms with Crippen molar-refractivity contribution in [3.8, 4) is 23.0 Å². The minimum absolute atomic E-state index is 0.0233. The minimum atomic E-state index is -0.819. The van der Waals surface area contributed by atoms with Gasteiger partial charge in [0.15, 0.2) is 0 Å². The molecule has 0 spiro atoms. The molecule has 11 nitrogen and oxygen atoms in total. The molecule has 0 unspecified atom stereocenters. The Morgan fingerprint density at radius 3 is 1.51 bits per heavy atom. The van der Waals surface area contributed by atoms with Crippen molar-refractivity contribution in [2.24, 2.45) is 0 Å². The standard InChI is InChI=1S/C28H22O11/c1-3-25(29)35-11-9-33-19-7-5-17-13-23(27(31)38-21(17)15-19)37-24-14-18-6-8-20(16-22(18)39-28(24)32)34-10-12-36-26(30)4-2/h3-8,13-16H,1-2,9-12H2. The summed E-state index contributed by atoms with van der Waals surface area (Å²) in [6.07, 6.45) is 2.10. The van der Waals surface area contributed by atoms with Crippen LogP contribution < -0.4 is 25.5 Å². The van der Waals surface area contributed by atoms with Crippen molar-refractivity contribution in [1.82, 2.24) is 0 Å². The fraction of sp³-hybridized carbons (Fsp3) is 0.143. The van der Waals surface area contributed by atoms with Gasteiger partial charge in [0.05, 0.1) is 0 Å². The highest BCUT2D eigenvalue weighted by atomic mass is 16.6. The fourth-order valence-corrected chi connectivity index (χ4v) is 3.31. The number of hydrogen-bond donors (Lipinski definition) is 0. The first-order valence-corrected chi connectivity index (χ1v) is 11.5. The largest absolute Gasteiger partial charge is 0.490 e. The van der Waals surface area contributed by atoms with E-state index in [-0.39, 0.29) is 49.1 Å². The van der Waals surface area contributed by atoms with Crippen molar-refractivity contribution in [2.75, 3.05) is 26.4 Å². The van der Waals surface area contributed by atoms with Gasteiger partial charge >= 0.3 is 23.2 Å². The first kappa shape index (κ1) is 26.7. The number of esters is 2. The Hall–Kier alpha value is -5.32. The molecule has 0 fully saturated rings. The van der Waals surface area contributed by atoms with Crippen LogP contribution in [-0.2, 0) is 19.1 Å². The lowest BCUT2D eigenvalue weighted by molar-refractivity contribution is -0.139. The van der Waals surface area contributed by atoms with Gasteiger partial charge in [0.2, 0.25) is 11.5 Å². The number of fused-ring (bicyclic) bond motifs is 2. The number of benzene rings is 2. The lowest BCUT2D eigenvalue weighted by atomic mass is 10.2. The molecule has 200 valence electrons. The number of hydrogen-bond acceptors (Lipinski definition) is 11. The number of ether oxygens (including phenoxy) is 5. The zero-order chi connectivity index (χ0) is 27.8. The zero-order valence-corrected chi connectivity index (χ0v) is 20.5. The van der Waals surface area contributed by atoms with Crippen molar-refractivity contribution in [1.29, 1.82) is 0 Å². The topological polar surface area (TPSA) is 141 Å². The highest BCUT2D eigenvalue weighted by Gasteiger charge is 2.14. The van der Waals surface area contributed by atoms with Gasteiger partial charge in [-0.05, 0) is 36.4 Å². The SMILES string of the molecule is C=CC(=O)OCCOc1ccc2cc(Oc3cc4ccc(OCCOC(=O)C=C)cc4oc3=O)c(=O)oc2c1. The molecule has 2 heterocycles. The molecule has 2 aromatic carbocycles. The van der Waals surface area contributed by atoms with Crippen LogP contribution in [0.1, 0.15) is 0 Å². The van der Waals surface area contributed by atoms with Crippen molar-refractivity contribution in [2.45, 2.75) is 0 Å². The monoisotopic (exact) mass is 534 g/mol. The Labute approximate surface area is 220 Å². The summed E-state index contributed by atoms with van der Waals surface area (Å²) in [5, 5.41) is 1.03. The lowest BCUT2D eigenvalue weighted by Crippen LogP contribution is -2.10. The second-order valence-electron chi connectivity index (χ2n) is 7.74. The van der Waals surface area contributed by atoms with E-state index in [1.807, 2.05) is 0 Å². The summed E-state index contributed by atoms with van der Waals surface area (Å²) >= 11 is 0. The van der Waals surface area contributed by atoms with Crippen LogP contribution in [0.3, 0.4) is 0 Å². The quantitative estimate of drug-likeness (QED) is 0.113. The molecule has 0 saturated heterocycles. The second kappa shape index (κ2) is 12.3. The molecule has 0 aliphatic rings. The van der Waals surface area contributed by atoms with E-state index in [0.29, 0.717) is 22.3 Å². The summed E-state index contributed by atoms with van der Waals surface area (Å²) in [7, 11) is 0. The molecular weight excluding hydrogens is 512 g/mol. The summed E-state index contributed by atoms with van der Waals surface area (Å²) in [6, 6.07) is 12.4. The summed E-state index contributed by atoms with van der Waals surface area (Å²) in [5.74, 6) is -0.761. The predicted octanol–water partition coefficient (Wildman–Crippen LogP) is 3.91. The number of carbonyl (C=O) groups is 2. The van der Waals surface area contributed by atoms with Crippen LogP contribution in [0.5, 0.6) is 23.0 Å². The first-order chi connectivity index (χ1) is 18.9. The van der Waals surface area contributed by atoms with Crippen LogP contribution in [0, 0.1) is 0 Å². The minimum Gasteiger partial charge on any atom is -0.490 e. The van der Waals surface area contributed by atoms with Crippen molar-refractivity contribution < 1.29 is 42.1 Å². The van der Waals surface area contributed by atoms with Crippen LogP contribution in [0.4, 0.5) is 0 Å². The molecule has 0 saturated carbocycles.